The Balaban J connectivity index is 1.09. The first-order chi connectivity index (χ1) is 29.2. The van der Waals surface area contributed by atoms with Gasteiger partial charge in [-0.3, -0.25) is 0 Å². The van der Waals surface area contributed by atoms with Crippen LogP contribution in [0.1, 0.15) is 0 Å². The van der Waals surface area contributed by atoms with Crippen molar-refractivity contribution in [1.29, 1.82) is 0 Å². The average Bonchev–Trinajstić information content (AvgIpc) is 3.89. The monoisotopic (exact) mass is 753 g/mol. The molecule has 0 radical (unpaired) electrons. The highest BCUT2D eigenvalue weighted by Gasteiger charge is 2.25. The third kappa shape index (κ3) is 5.44. The van der Waals surface area contributed by atoms with Gasteiger partial charge in [-0.1, -0.05) is 158 Å². The Morgan fingerprint density at radius 1 is 0.305 bits per heavy atom. The van der Waals surface area contributed by atoms with Crippen LogP contribution in [0.5, 0.6) is 0 Å². The molecule has 2 heterocycles. The molecule has 0 atom stereocenters. The van der Waals surface area contributed by atoms with Gasteiger partial charge in [-0.05, 0) is 104 Å². The van der Waals surface area contributed by atoms with Gasteiger partial charge in [0.15, 0.2) is 5.58 Å². The lowest BCUT2D eigenvalue weighted by Crippen LogP contribution is -2.10. The molecule has 0 aliphatic heterocycles. The molecule has 12 aromatic rings. The number of hydrogen-bond acceptors (Lipinski definition) is 3. The van der Waals surface area contributed by atoms with E-state index >= 15 is 0 Å². The zero-order chi connectivity index (χ0) is 38.9. The van der Waals surface area contributed by atoms with Crippen LogP contribution >= 0.6 is 0 Å². The van der Waals surface area contributed by atoms with Crippen LogP contribution in [0.2, 0.25) is 0 Å². The summed E-state index contributed by atoms with van der Waals surface area (Å²) in [7, 11) is 0. The van der Waals surface area contributed by atoms with Crippen molar-refractivity contribution >= 4 is 82.5 Å². The first-order valence-corrected chi connectivity index (χ1v) is 20.1. The second-order valence-electron chi connectivity index (χ2n) is 15.2. The Morgan fingerprint density at radius 2 is 0.915 bits per heavy atom. The number of furan rings is 2. The molecule has 0 N–H and O–H groups in total. The Bertz CT molecular complexity index is 3540. The third-order valence-electron chi connectivity index (χ3n) is 11.9. The first-order valence-electron chi connectivity index (χ1n) is 20.1. The van der Waals surface area contributed by atoms with Gasteiger partial charge in [0.2, 0.25) is 0 Å². The fraction of sp³-hybridized carbons (Fsp3) is 0. The van der Waals surface area contributed by atoms with Gasteiger partial charge in [0, 0.05) is 27.4 Å². The van der Waals surface area contributed by atoms with E-state index in [9.17, 15) is 0 Å². The molecule has 0 unspecified atom stereocenters. The first kappa shape index (κ1) is 33.3. The highest BCUT2D eigenvalue weighted by molar-refractivity contribution is 6.19. The molecule has 10 aromatic carbocycles. The van der Waals surface area contributed by atoms with Crippen LogP contribution in [0.15, 0.2) is 221 Å². The van der Waals surface area contributed by atoms with Crippen LogP contribution in [0.4, 0.5) is 17.1 Å². The molecule has 0 spiro atoms. The predicted octanol–water partition coefficient (Wildman–Crippen LogP) is 16.3. The van der Waals surface area contributed by atoms with E-state index in [-0.39, 0.29) is 0 Å². The van der Waals surface area contributed by atoms with E-state index in [1.807, 2.05) is 12.1 Å². The molecule has 0 saturated carbocycles. The summed E-state index contributed by atoms with van der Waals surface area (Å²) in [5.74, 6) is 0. The second kappa shape index (κ2) is 13.4. The highest BCUT2D eigenvalue weighted by atomic mass is 16.3. The molecule has 0 saturated heterocycles. The SMILES string of the molecule is c1ccc(-c2ccc3c(c2)oc2c(-c4ccccc4)ccc(N(c4ccc(-c5ccc6c(ccc7ccccc76)c5)cc4)c4cccc5c4oc4ccccc45)c23)cc1. The lowest BCUT2D eigenvalue weighted by Gasteiger charge is -2.27. The smallest absolute Gasteiger partial charge is 0.159 e. The zero-order valence-corrected chi connectivity index (χ0v) is 32.0. The van der Waals surface area contributed by atoms with Crippen LogP contribution in [0, 0.1) is 0 Å². The van der Waals surface area contributed by atoms with E-state index < -0.39 is 0 Å². The van der Waals surface area contributed by atoms with E-state index in [0.29, 0.717) is 0 Å². The third-order valence-corrected chi connectivity index (χ3v) is 11.9. The zero-order valence-electron chi connectivity index (χ0n) is 32.0. The van der Waals surface area contributed by atoms with Crippen LogP contribution in [0.3, 0.4) is 0 Å². The van der Waals surface area contributed by atoms with Gasteiger partial charge >= 0.3 is 0 Å². The Labute approximate surface area is 340 Å². The van der Waals surface area contributed by atoms with E-state index in [0.717, 1.165) is 88.8 Å². The normalized spacial score (nSPS) is 11.7. The topological polar surface area (TPSA) is 29.5 Å². The van der Waals surface area contributed by atoms with Crippen molar-refractivity contribution in [3.05, 3.63) is 212 Å². The quantitative estimate of drug-likeness (QED) is 0.158. The number of hydrogen-bond donors (Lipinski definition) is 0. The van der Waals surface area contributed by atoms with Gasteiger partial charge in [0.05, 0.1) is 16.8 Å². The molecule has 3 nitrogen and oxygen atoms in total. The van der Waals surface area contributed by atoms with Crippen molar-refractivity contribution in [2.24, 2.45) is 0 Å². The van der Waals surface area contributed by atoms with Gasteiger partial charge in [-0.15, -0.1) is 0 Å². The molecule has 0 bridgehead atoms. The molecule has 0 aliphatic carbocycles. The summed E-state index contributed by atoms with van der Waals surface area (Å²) in [6.45, 7) is 0. The predicted molar refractivity (Wildman–Crippen MR) is 247 cm³/mol. The molecule has 2 aromatic heterocycles. The number of benzene rings is 10. The summed E-state index contributed by atoms with van der Waals surface area (Å²) in [5, 5.41) is 9.28. The minimum atomic E-state index is 0.832. The van der Waals surface area contributed by atoms with Gasteiger partial charge in [0.1, 0.15) is 16.7 Å². The summed E-state index contributed by atoms with van der Waals surface area (Å²) in [4.78, 5) is 2.35. The summed E-state index contributed by atoms with van der Waals surface area (Å²) >= 11 is 0. The van der Waals surface area contributed by atoms with E-state index in [4.69, 9.17) is 8.83 Å². The lowest BCUT2D eigenvalue weighted by molar-refractivity contribution is 0.668. The number of para-hydroxylation sites is 2. The number of anilines is 3. The molecule has 276 valence electrons. The summed E-state index contributed by atoms with van der Waals surface area (Å²) in [6, 6.07) is 75.6. The van der Waals surface area contributed by atoms with Crippen molar-refractivity contribution in [1.82, 2.24) is 0 Å². The van der Waals surface area contributed by atoms with Crippen molar-refractivity contribution in [3.8, 4) is 33.4 Å². The maximum absolute atomic E-state index is 6.99. The number of fused-ring (bicyclic) bond motifs is 9. The van der Waals surface area contributed by atoms with Crippen molar-refractivity contribution < 1.29 is 8.83 Å². The van der Waals surface area contributed by atoms with Gasteiger partial charge in [-0.2, -0.15) is 0 Å². The van der Waals surface area contributed by atoms with Gasteiger partial charge < -0.3 is 13.7 Å². The Hall–Kier alpha value is -7.88. The van der Waals surface area contributed by atoms with Crippen LogP contribution in [0.25, 0.3) is 98.8 Å². The summed E-state index contributed by atoms with van der Waals surface area (Å²) in [5.41, 5.74) is 13.1. The average molecular weight is 754 g/mol. The molecule has 0 fully saturated rings. The Morgan fingerprint density at radius 3 is 1.75 bits per heavy atom. The molecule has 59 heavy (non-hydrogen) atoms. The Kier molecular flexibility index (Phi) is 7.54. The minimum Gasteiger partial charge on any atom is -0.455 e. The minimum absolute atomic E-state index is 0.832. The van der Waals surface area contributed by atoms with E-state index in [2.05, 4.69) is 205 Å². The van der Waals surface area contributed by atoms with Gasteiger partial charge in [-0.25, -0.2) is 0 Å². The molecular weight excluding hydrogens is 719 g/mol. The summed E-state index contributed by atoms with van der Waals surface area (Å²) in [6.07, 6.45) is 0. The number of rotatable bonds is 6. The summed E-state index contributed by atoms with van der Waals surface area (Å²) < 4.78 is 13.7. The molecule has 0 aliphatic rings. The molecule has 3 heteroatoms. The fourth-order valence-corrected chi connectivity index (χ4v) is 9.02. The molecule has 12 rings (SSSR count). The van der Waals surface area contributed by atoms with Crippen molar-refractivity contribution in [3.63, 3.8) is 0 Å². The van der Waals surface area contributed by atoms with Crippen LogP contribution in [-0.2, 0) is 0 Å². The molecule has 0 amide bonds. The van der Waals surface area contributed by atoms with Crippen molar-refractivity contribution in [2.45, 2.75) is 0 Å². The van der Waals surface area contributed by atoms with Gasteiger partial charge in [0.25, 0.3) is 0 Å². The highest BCUT2D eigenvalue weighted by Crippen LogP contribution is 2.49. The van der Waals surface area contributed by atoms with E-state index in [1.165, 1.54) is 27.1 Å². The maximum atomic E-state index is 6.99. The fourth-order valence-electron chi connectivity index (χ4n) is 9.02. The van der Waals surface area contributed by atoms with Crippen molar-refractivity contribution in [2.75, 3.05) is 4.90 Å². The lowest BCUT2D eigenvalue weighted by atomic mass is 9.97. The van der Waals surface area contributed by atoms with Crippen LogP contribution in [-0.4, -0.2) is 0 Å². The van der Waals surface area contributed by atoms with E-state index in [1.54, 1.807) is 0 Å². The number of nitrogens with zero attached hydrogens (tertiary/aromatic N) is 1. The molecular formula is C56H35NO2. The maximum Gasteiger partial charge on any atom is 0.159 e. The second-order valence-corrected chi connectivity index (χ2v) is 15.2. The largest absolute Gasteiger partial charge is 0.455 e. The standard InChI is InChI=1S/C56H35NO2/c1-3-12-36(13-4-1)41-27-31-49-53(35-41)59-56-46(38-14-5-2-6-15-38)32-33-50(54(49)56)57(51-20-11-19-48-47-18-9-10-21-52(47)58-55(48)51)43-28-24-37(25-29-43)40-26-30-45-42(34-40)23-22-39-16-7-8-17-44(39)45/h1-35H. The van der Waals surface area contributed by atoms with Crippen LogP contribution < -0.4 is 4.90 Å².